The molecule has 1 aliphatic heterocycles. The predicted molar refractivity (Wildman–Crippen MR) is 70.4 cm³/mol. The predicted octanol–water partition coefficient (Wildman–Crippen LogP) is 0.726. The number of hydrogen-bond donors (Lipinski definition) is 3. The Bertz CT molecular complexity index is 490. The van der Waals surface area contributed by atoms with Gasteiger partial charge < -0.3 is 20.1 Å². The van der Waals surface area contributed by atoms with Crippen LogP contribution in [0, 0.1) is 17.3 Å². The van der Waals surface area contributed by atoms with E-state index in [1.54, 1.807) is 6.92 Å². The van der Waals surface area contributed by atoms with E-state index in [-0.39, 0.29) is 34.8 Å². The summed E-state index contributed by atoms with van der Waals surface area (Å²) in [6, 6.07) is 0. The van der Waals surface area contributed by atoms with E-state index in [9.17, 15) is 20.1 Å². The molecule has 3 rings (SSSR count). The topological polar surface area (TPSA) is 87.0 Å². The summed E-state index contributed by atoms with van der Waals surface area (Å²) in [7, 11) is 0. The summed E-state index contributed by atoms with van der Waals surface area (Å²) >= 11 is 0. The Morgan fingerprint density at radius 2 is 1.85 bits per heavy atom. The van der Waals surface area contributed by atoms with E-state index in [0.29, 0.717) is 0 Å². The van der Waals surface area contributed by atoms with Crippen molar-refractivity contribution in [3.63, 3.8) is 0 Å². The average Bonchev–Trinajstić information content (AvgIpc) is 2.74. The van der Waals surface area contributed by atoms with Crippen molar-refractivity contribution >= 4 is 5.97 Å². The van der Waals surface area contributed by atoms with Crippen LogP contribution < -0.4 is 0 Å². The second kappa shape index (κ2) is 4.06. The summed E-state index contributed by atoms with van der Waals surface area (Å²) in [6.07, 6.45) is -0.606. The zero-order chi connectivity index (χ0) is 14.9. The third kappa shape index (κ3) is 1.91. The molecule has 0 aromatic heterocycles. The highest BCUT2D eigenvalue weighted by molar-refractivity contribution is 5.92. The number of aliphatic hydroxyl groups excluding tert-OH is 2. The van der Waals surface area contributed by atoms with Crippen LogP contribution in [0.4, 0.5) is 0 Å². The summed E-state index contributed by atoms with van der Waals surface area (Å²) in [5.74, 6) is -0.860. The van der Waals surface area contributed by atoms with Crippen LogP contribution in [0.1, 0.15) is 40.0 Å². The summed E-state index contributed by atoms with van der Waals surface area (Å²) < 4.78 is 4.80. The minimum atomic E-state index is -1.37. The van der Waals surface area contributed by atoms with Gasteiger partial charge in [-0.15, -0.1) is 0 Å². The van der Waals surface area contributed by atoms with Gasteiger partial charge in [0.2, 0.25) is 6.29 Å². The standard InChI is InChI=1S/C15H22O5/c1-14(2)4-7-9(6-14)15(3,19)5-8-10(11(7)16)13(18)20-12(8)17/h7,9,11,13,16,18-19H,4-6H2,1-3H3/t7-,9+,11-,13+,15-/m0/s1. The number of ether oxygens (including phenoxy) is 1. The number of rotatable bonds is 0. The van der Waals surface area contributed by atoms with Crippen LogP contribution >= 0.6 is 0 Å². The van der Waals surface area contributed by atoms with Gasteiger partial charge in [-0.1, -0.05) is 13.8 Å². The fourth-order valence-electron chi connectivity index (χ4n) is 4.34. The summed E-state index contributed by atoms with van der Waals surface area (Å²) in [4.78, 5) is 11.8. The van der Waals surface area contributed by atoms with Crippen LogP contribution in [0.5, 0.6) is 0 Å². The molecule has 3 aliphatic rings. The highest BCUT2D eigenvalue weighted by Gasteiger charge is 2.56. The molecule has 1 heterocycles. The molecule has 0 aromatic rings. The third-order valence-corrected chi connectivity index (χ3v) is 5.21. The maximum atomic E-state index is 11.8. The van der Waals surface area contributed by atoms with Crippen molar-refractivity contribution < 1.29 is 24.9 Å². The highest BCUT2D eigenvalue weighted by atomic mass is 16.6. The lowest BCUT2D eigenvalue weighted by molar-refractivity contribution is -0.154. The van der Waals surface area contributed by atoms with Gasteiger partial charge in [0.05, 0.1) is 11.7 Å². The first-order valence-electron chi connectivity index (χ1n) is 7.15. The number of carbonyl (C=O) groups is 1. The summed E-state index contributed by atoms with van der Waals surface area (Å²) in [5, 5.41) is 31.3. The maximum absolute atomic E-state index is 11.8. The van der Waals surface area contributed by atoms with Gasteiger partial charge in [0, 0.05) is 17.6 Å². The van der Waals surface area contributed by atoms with Crippen LogP contribution in [-0.2, 0) is 9.53 Å². The molecule has 1 fully saturated rings. The Morgan fingerprint density at radius 3 is 2.50 bits per heavy atom. The van der Waals surface area contributed by atoms with E-state index in [0.717, 1.165) is 12.8 Å². The molecule has 2 aliphatic carbocycles. The zero-order valence-electron chi connectivity index (χ0n) is 12.1. The number of aliphatic hydroxyl groups is 3. The molecule has 1 saturated carbocycles. The zero-order valence-corrected chi connectivity index (χ0v) is 12.1. The lowest BCUT2D eigenvalue weighted by Gasteiger charge is -2.34. The van der Waals surface area contributed by atoms with Crippen LogP contribution in [0.25, 0.3) is 0 Å². The van der Waals surface area contributed by atoms with E-state index < -0.39 is 24.0 Å². The molecule has 0 aromatic carbocycles. The molecule has 0 bridgehead atoms. The van der Waals surface area contributed by atoms with Gasteiger partial charge in [-0.25, -0.2) is 4.79 Å². The number of esters is 1. The summed E-state index contributed by atoms with van der Waals surface area (Å²) in [6.45, 7) is 5.95. The first-order chi connectivity index (χ1) is 9.12. The van der Waals surface area contributed by atoms with Crippen molar-refractivity contribution in [2.75, 3.05) is 0 Å². The van der Waals surface area contributed by atoms with Crippen LogP contribution in [-0.4, -0.2) is 39.3 Å². The van der Waals surface area contributed by atoms with Gasteiger partial charge in [0.25, 0.3) is 0 Å². The molecule has 0 saturated heterocycles. The van der Waals surface area contributed by atoms with E-state index in [1.807, 2.05) is 0 Å². The van der Waals surface area contributed by atoms with Gasteiger partial charge in [-0.05, 0) is 37.0 Å². The SMILES string of the molecule is CC1(C)C[C@@H]2[C@H](O)C3=C(C[C@](C)(O)[C@@H]2C1)C(=O)O[C@H]3O. The minimum absolute atomic E-state index is 0.0345. The number of fused-ring (bicyclic) bond motifs is 1. The number of carbonyl (C=O) groups excluding carboxylic acids is 1. The molecule has 3 N–H and O–H groups in total. The monoisotopic (exact) mass is 282 g/mol. The highest BCUT2D eigenvalue weighted by Crippen LogP contribution is 2.55. The largest absolute Gasteiger partial charge is 0.428 e. The molecule has 112 valence electrons. The molecule has 0 radical (unpaired) electrons. The van der Waals surface area contributed by atoms with Crippen molar-refractivity contribution in [3.05, 3.63) is 11.1 Å². The molecule has 5 atom stereocenters. The second-order valence-corrected chi connectivity index (χ2v) is 7.51. The van der Waals surface area contributed by atoms with Crippen LogP contribution in [0.3, 0.4) is 0 Å². The van der Waals surface area contributed by atoms with Crippen molar-refractivity contribution in [1.82, 2.24) is 0 Å². The lowest BCUT2D eigenvalue weighted by Crippen LogP contribution is -2.40. The van der Waals surface area contributed by atoms with Crippen molar-refractivity contribution in [3.8, 4) is 0 Å². The fraction of sp³-hybridized carbons (Fsp3) is 0.800. The third-order valence-electron chi connectivity index (χ3n) is 5.21. The Labute approximate surface area is 118 Å². The quantitative estimate of drug-likeness (QED) is 0.570. The van der Waals surface area contributed by atoms with Crippen molar-refractivity contribution in [1.29, 1.82) is 0 Å². The van der Waals surface area contributed by atoms with E-state index in [4.69, 9.17) is 4.74 Å². The van der Waals surface area contributed by atoms with Gasteiger partial charge in [0.1, 0.15) is 0 Å². The number of cyclic esters (lactones) is 1. The normalized spacial score (nSPS) is 46.8. The van der Waals surface area contributed by atoms with Crippen molar-refractivity contribution in [2.24, 2.45) is 17.3 Å². The number of hydrogen-bond acceptors (Lipinski definition) is 5. The van der Waals surface area contributed by atoms with Gasteiger partial charge in [0.15, 0.2) is 0 Å². The van der Waals surface area contributed by atoms with Crippen LogP contribution in [0.15, 0.2) is 11.1 Å². The van der Waals surface area contributed by atoms with E-state index in [1.165, 1.54) is 0 Å². The Kier molecular flexibility index (Phi) is 2.85. The van der Waals surface area contributed by atoms with Gasteiger partial charge >= 0.3 is 5.97 Å². The molecule has 0 unspecified atom stereocenters. The maximum Gasteiger partial charge on any atom is 0.336 e. The Morgan fingerprint density at radius 1 is 1.20 bits per heavy atom. The molecule has 0 amide bonds. The molecule has 5 heteroatoms. The summed E-state index contributed by atoms with van der Waals surface area (Å²) in [5.41, 5.74) is -0.519. The van der Waals surface area contributed by atoms with Crippen molar-refractivity contribution in [2.45, 2.75) is 58.0 Å². The first kappa shape index (κ1) is 14.0. The van der Waals surface area contributed by atoms with Crippen LogP contribution in [0.2, 0.25) is 0 Å². The smallest absolute Gasteiger partial charge is 0.336 e. The molecular weight excluding hydrogens is 260 g/mol. The first-order valence-corrected chi connectivity index (χ1v) is 7.15. The second-order valence-electron chi connectivity index (χ2n) is 7.51. The molecular formula is C15H22O5. The average molecular weight is 282 g/mol. The fourth-order valence-corrected chi connectivity index (χ4v) is 4.34. The molecule has 20 heavy (non-hydrogen) atoms. The van der Waals surface area contributed by atoms with Gasteiger partial charge in [-0.3, -0.25) is 0 Å². The Hall–Kier alpha value is -0.910. The Balaban J connectivity index is 2.07. The lowest BCUT2D eigenvalue weighted by atomic mass is 9.78. The van der Waals surface area contributed by atoms with Gasteiger partial charge in [-0.2, -0.15) is 0 Å². The molecule has 5 nitrogen and oxygen atoms in total. The minimum Gasteiger partial charge on any atom is -0.428 e. The van der Waals surface area contributed by atoms with E-state index in [2.05, 4.69) is 13.8 Å². The van der Waals surface area contributed by atoms with E-state index >= 15 is 0 Å². The molecule has 0 spiro atoms.